The van der Waals surface area contributed by atoms with Gasteiger partial charge in [0.25, 0.3) is 0 Å². The summed E-state index contributed by atoms with van der Waals surface area (Å²) in [7, 11) is 0. The lowest BCUT2D eigenvalue weighted by molar-refractivity contribution is 0.769. The Morgan fingerprint density at radius 2 is 0.911 bits per heavy atom. The summed E-state index contributed by atoms with van der Waals surface area (Å²) < 4.78 is 0. The van der Waals surface area contributed by atoms with Crippen molar-refractivity contribution in [2.45, 2.75) is 5.41 Å². The highest BCUT2D eigenvalue weighted by atomic mass is 14.5. The second-order valence-electron chi connectivity index (χ2n) is 12.4. The van der Waals surface area contributed by atoms with Gasteiger partial charge in [0.1, 0.15) is 0 Å². The van der Waals surface area contributed by atoms with E-state index in [2.05, 4.69) is 170 Å². The van der Waals surface area contributed by atoms with Gasteiger partial charge < -0.3 is 0 Å². The first-order valence-electron chi connectivity index (χ1n) is 15.8. The molecule has 0 atom stereocenters. The third-order valence-electron chi connectivity index (χ3n) is 10.3. The van der Waals surface area contributed by atoms with Crippen LogP contribution in [-0.2, 0) is 5.41 Å². The fraction of sp³-hybridized carbons (Fsp3) is 0.0222. The molecular weight excluding hydrogens is 540 g/mol. The lowest BCUT2D eigenvalue weighted by Crippen LogP contribution is -2.28. The molecular formula is C45H28. The van der Waals surface area contributed by atoms with Crippen LogP contribution < -0.4 is 0 Å². The Labute approximate surface area is 262 Å². The van der Waals surface area contributed by atoms with Crippen molar-refractivity contribution < 1.29 is 0 Å². The van der Waals surface area contributed by atoms with E-state index in [4.69, 9.17) is 0 Å². The smallest absolute Gasteiger partial charge is 0.0622 e. The van der Waals surface area contributed by atoms with Gasteiger partial charge in [-0.3, -0.25) is 0 Å². The zero-order chi connectivity index (χ0) is 29.5. The van der Waals surface area contributed by atoms with Gasteiger partial charge in [0, 0.05) is 0 Å². The topological polar surface area (TPSA) is 0 Å². The Kier molecular flexibility index (Phi) is 5.02. The van der Waals surface area contributed by atoms with Crippen molar-refractivity contribution in [3.63, 3.8) is 0 Å². The molecule has 0 heteroatoms. The molecule has 0 amide bonds. The molecule has 0 nitrogen and oxygen atoms in total. The summed E-state index contributed by atoms with van der Waals surface area (Å²) in [5, 5.41) is 10.5. The minimum Gasteiger partial charge on any atom is -0.0622 e. The normalized spacial score (nSPS) is 13.5. The van der Waals surface area contributed by atoms with Gasteiger partial charge in [0.05, 0.1) is 5.41 Å². The van der Waals surface area contributed by atoms with Crippen molar-refractivity contribution in [1.82, 2.24) is 0 Å². The zero-order valence-corrected chi connectivity index (χ0v) is 24.7. The number of hydrogen-bond acceptors (Lipinski definition) is 0. The highest BCUT2D eigenvalue weighted by Crippen LogP contribution is 2.58. The first-order valence-corrected chi connectivity index (χ1v) is 15.8. The molecule has 0 saturated heterocycles. The molecule has 0 unspecified atom stereocenters. The second kappa shape index (κ2) is 9.14. The summed E-state index contributed by atoms with van der Waals surface area (Å²) in [5.74, 6) is 0. The first-order chi connectivity index (χ1) is 22.3. The Hall–Kier alpha value is -5.72. The van der Waals surface area contributed by atoms with Crippen LogP contribution in [0.4, 0.5) is 0 Å². The predicted octanol–water partition coefficient (Wildman–Crippen LogP) is 11.8. The van der Waals surface area contributed by atoms with Gasteiger partial charge in [0.15, 0.2) is 0 Å². The van der Waals surface area contributed by atoms with Crippen LogP contribution in [0.15, 0.2) is 170 Å². The summed E-state index contributed by atoms with van der Waals surface area (Å²) >= 11 is 0. The molecule has 0 saturated carbocycles. The number of benzene rings is 9. The van der Waals surface area contributed by atoms with Crippen LogP contribution >= 0.6 is 0 Å². The van der Waals surface area contributed by atoms with E-state index in [9.17, 15) is 0 Å². The van der Waals surface area contributed by atoms with Crippen LogP contribution in [0.5, 0.6) is 0 Å². The van der Waals surface area contributed by atoms with E-state index in [-0.39, 0.29) is 0 Å². The molecule has 10 rings (SSSR count). The van der Waals surface area contributed by atoms with Crippen LogP contribution in [0.3, 0.4) is 0 Å². The molecule has 0 fully saturated rings. The van der Waals surface area contributed by atoms with E-state index in [1.54, 1.807) is 0 Å². The van der Waals surface area contributed by atoms with Gasteiger partial charge in [-0.25, -0.2) is 0 Å². The van der Waals surface area contributed by atoms with Crippen LogP contribution in [0.1, 0.15) is 22.3 Å². The maximum absolute atomic E-state index is 2.50. The van der Waals surface area contributed by atoms with E-state index in [0.29, 0.717) is 0 Å². The number of fused-ring (bicyclic) bond motifs is 5. The van der Waals surface area contributed by atoms with E-state index >= 15 is 0 Å². The minimum absolute atomic E-state index is 0.447. The fourth-order valence-electron chi connectivity index (χ4n) is 8.41. The Morgan fingerprint density at radius 3 is 1.67 bits per heavy atom. The van der Waals surface area contributed by atoms with Crippen molar-refractivity contribution in [2.24, 2.45) is 0 Å². The highest BCUT2D eigenvalue weighted by molar-refractivity contribution is 6.25. The van der Waals surface area contributed by atoms with E-state index in [0.717, 1.165) is 0 Å². The average molecular weight is 569 g/mol. The van der Waals surface area contributed by atoms with Crippen LogP contribution in [0.25, 0.3) is 65.3 Å². The van der Waals surface area contributed by atoms with Crippen molar-refractivity contribution in [3.05, 3.63) is 192 Å². The summed E-state index contributed by atoms with van der Waals surface area (Å²) in [6, 6.07) is 63.4. The fourth-order valence-corrected chi connectivity index (χ4v) is 8.41. The first kappa shape index (κ1) is 24.7. The SMILES string of the molecule is c1ccc(C2(c3ccccc3)c3cc(-c4ccc5ccc6cccc7ccc4c5c67)ccc3-c3c2ccc2ccccc32)cc1. The molecule has 0 aromatic heterocycles. The van der Waals surface area contributed by atoms with E-state index in [1.165, 1.54) is 87.6 Å². The molecule has 208 valence electrons. The standard InChI is InChI=1S/C45H28/c1-3-13-34(14-4-1)45(35-15-5-2-6-16-35)40-27-23-29-10-7-8-17-37(29)44(40)39-26-22-33(28-41(39)45)36-24-20-32-19-18-30-11-9-12-31-21-25-38(36)43(32)42(30)31/h1-28H. The Morgan fingerprint density at radius 1 is 0.333 bits per heavy atom. The predicted molar refractivity (Wildman–Crippen MR) is 190 cm³/mol. The monoisotopic (exact) mass is 568 g/mol. The maximum atomic E-state index is 2.50. The maximum Gasteiger partial charge on any atom is 0.0714 e. The van der Waals surface area contributed by atoms with Crippen molar-refractivity contribution >= 4 is 43.1 Å². The van der Waals surface area contributed by atoms with Crippen molar-refractivity contribution in [1.29, 1.82) is 0 Å². The number of rotatable bonds is 3. The molecule has 0 heterocycles. The third kappa shape index (κ3) is 3.26. The Balaban J connectivity index is 1.34. The van der Waals surface area contributed by atoms with E-state index in [1.807, 2.05) is 0 Å². The highest BCUT2D eigenvalue weighted by Gasteiger charge is 2.46. The molecule has 0 N–H and O–H groups in total. The van der Waals surface area contributed by atoms with Crippen molar-refractivity contribution in [3.8, 4) is 22.3 Å². The zero-order valence-electron chi connectivity index (χ0n) is 24.7. The van der Waals surface area contributed by atoms with E-state index < -0.39 is 5.41 Å². The van der Waals surface area contributed by atoms with Gasteiger partial charge in [-0.15, -0.1) is 0 Å². The lowest BCUT2D eigenvalue weighted by atomic mass is 9.67. The minimum atomic E-state index is -0.447. The average Bonchev–Trinajstić information content (AvgIpc) is 3.42. The summed E-state index contributed by atoms with van der Waals surface area (Å²) in [6.45, 7) is 0. The largest absolute Gasteiger partial charge is 0.0714 e. The van der Waals surface area contributed by atoms with Gasteiger partial charge in [-0.05, 0) is 93.7 Å². The molecule has 1 aliphatic rings. The van der Waals surface area contributed by atoms with Gasteiger partial charge >= 0.3 is 0 Å². The molecule has 0 radical (unpaired) electrons. The summed E-state index contributed by atoms with van der Waals surface area (Å²) in [6.07, 6.45) is 0. The van der Waals surface area contributed by atoms with Crippen LogP contribution in [0, 0.1) is 0 Å². The quantitative estimate of drug-likeness (QED) is 0.186. The Bertz CT molecular complexity index is 2520. The molecule has 0 aliphatic heterocycles. The lowest BCUT2D eigenvalue weighted by Gasteiger charge is -2.34. The molecule has 45 heavy (non-hydrogen) atoms. The molecule has 9 aromatic rings. The molecule has 9 aromatic carbocycles. The number of hydrogen-bond donors (Lipinski definition) is 0. The second-order valence-corrected chi connectivity index (χ2v) is 12.4. The summed E-state index contributed by atoms with van der Waals surface area (Å²) in [5.41, 5.74) is 10.0. The van der Waals surface area contributed by atoms with Crippen LogP contribution in [0.2, 0.25) is 0 Å². The van der Waals surface area contributed by atoms with Gasteiger partial charge in [-0.2, -0.15) is 0 Å². The van der Waals surface area contributed by atoms with Gasteiger partial charge in [-0.1, -0.05) is 164 Å². The molecule has 0 spiro atoms. The van der Waals surface area contributed by atoms with Crippen LogP contribution in [-0.4, -0.2) is 0 Å². The summed E-state index contributed by atoms with van der Waals surface area (Å²) in [4.78, 5) is 0. The van der Waals surface area contributed by atoms with Crippen molar-refractivity contribution in [2.75, 3.05) is 0 Å². The third-order valence-corrected chi connectivity index (χ3v) is 10.3. The van der Waals surface area contributed by atoms with Gasteiger partial charge in [0.2, 0.25) is 0 Å². The molecule has 0 bridgehead atoms. The molecule has 1 aliphatic carbocycles.